The second-order valence-corrected chi connectivity index (χ2v) is 4.35. The fourth-order valence-corrected chi connectivity index (χ4v) is 0.401. The lowest BCUT2D eigenvalue weighted by Crippen LogP contribution is -1.81. The van der Waals surface area contributed by atoms with E-state index in [-0.39, 0.29) is 0 Å². The molecule has 0 N–H and O–H groups in total. The van der Waals surface area contributed by atoms with Gasteiger partial charge in [0.1, 0.15) is 0 Å². The molecule has 0 fully saturated rings. The molecule has 0 aromatic rings. The van der Waals surface area contributed by atoms with Crippen molar-refractivity contribution in [3.8, 4) is 0 Å². The molecule has 0 aliphatic heterocycles. The van der Waals surface area contributed by atoms with Crippen LogP contribution in [0.15, 0.2) is 0 Å². The molecule has 0 radical (unpaired) electrons. The maximum absolute atomic E-state index is 5.46. The van der Waals surface area contributed by atoms with Crippen LogP contribution in [0.4, 0.5) is 0 Å². The third kappa shape index (κ3) is 54.2. The Bertz CT molecular complexity index is 59.3. The molecule has 0 aliphatic rings. The summed E-state index contributed by atoms with van der Waals surface area (Å²) < 4.78 is 0. The molecule has 0 saturated carbocycles. The molecule has 14 heavy (non-hydrogen) atoms. The van der Waals surface area contributed by atoms with Crippen LogP contribution in [0.2, 0.25) is 0 Å². The van der Waals surface area contributed by atoms with Crippen LogP contribution in [-0.2, 0) is 0 Å². The number of rotatable bonds is 4. The Kier molecular flexibility index (Phi) is 33.5. The van der Waals surface area contributed by atoms with E-state index in [4.69, 9.17) is 23.2 Å². The zero-order valence-electron chi connectivity index (χ0n) is 10.6. The average Bonchev–Trinajstić information content (AvgIpc) is 2.20. The fraction of sp³-hybridized carbons (Fsp3) is 1.00. The molecule has 2 heteroatoms. The summed E-state index contributed by atoms with van der Waals surface area (Å²) in [5, 5.41) is 0.356. The zero-order valence-corrected chi connectivity index (χ0v) is 12.1. The predicted octanol–water partition coefficient (Wildman–Crippen LogP) is 5.86. The standard InChI is InChI=1S/2C4H9Cl.C4H10/c1-3-4(2)5;1-2-3-4-5;1-3-4-2/h4H,3H2,1-2H3;2-4H2,1H3;3-4H2,1-2H3. The van der Waals surface area contributed by atoms with Gasteiger partial charge in [-0.25, -0.2) is 0 Å². The molecule has 0 nitrogen and oxygen atoms in total. The van der Waals surface area contributed by atoms with Crippen LogP contribution >= 0.6 is 23.2 Å². The molecule has 0 aromatic heterocycles. The number of halogens is 2. The van der Waals surface area contributed by atoms with E-state index in [0.29, 0.717) is 5.38 Å². The van der Waals surface area contributed by atoms with Crippen molar-refractivity contribution in [2.45, 2.75) is 72.1 Å². The lowest BCUT2D eigenvalue weighted by molar-refractivity contribution is 0.886. The molecule has 1 unspecified atom stereocenters. The topological polar surface area (TPSA) is 0 Å². The molecular weight excluding hydrogens is 215 g/mol. The summed E-state index contributed by atoms with van der Waals surface area (Å²) in [5.41, 5.74) is 0. The first-order valence-corrected chi connectivity index (χ1v) is 6.77. The summed E-state index contributed by atoms with van der Waals surface area (Å²) in [4.78, 5) is 0. The quantitative estimate of drug-likeness (QED) is 0.543. The second kappa shape index (κ2) is 23.4. The highest BCUT2D eigenvalue weighted by molar-refractivity contribution is 6.20. The van der Waals surface area contributed by atoms with E-state index >= 15 is 0 Å². The van der Waals surface area contributed by atoms with Gasteiger partial charge in [0.05, 0.1) is 0 Å². The molecule has 0 amide bonds. The lowest BCUT2D eigenvalue weighted by Gasteiger charge is -1.87. The normalized spacial score (nSPS) is 10.5. The third-order valence-corrected chi connectivity index (χ3v) is 2.13. The van der Waals surface area contributed by atoms with Crippen LogP contribution in [0.25, 0.3) is 0 Å². The van der Waals surface area contributed by atoms with Crippen LogP contribution in [0.5, 0.6) is 0 Å². The Morgan fingerprint density at radius 3 is 1.29 bits per heavy atom. The van der Waals surface area contributed by atoms with Gasteiger partial charge >= 0.3 is 0 Å². The average molecular weight is 243 g/mol. The van der Waals surface area contributed by atoms with Gasteiger partial charge in [0, 0.05) is 11.3 Å². The van der Waals surface area contributed by atoms with E-state index < -0.39 is 0 Å². The van der Waals surface area contributed by atoms with Crippen molar-refractivity contribution >= 4 is 23.2 Å². The van der Waals surface area contributed by atoms with Crippen molar-refractivity contribution in [3.05, 3.63) is 0 Å². The minimum absolute atomic E-state index is 0.356. The first kappa shape index (κ1) is 20.1. The van der Waals surface area contributed by atoms with Gasteiger partial charge in [-0.15, -0.1) is 23.2 Å². The largest absolute Gasteiger partial charge is 0.127 e. The Balaban J connectivity index is -0.000000131. The molecule has 0 saturated heterocycles. The van der Waals surface area contributed by atoms with Crippen molar-refractivity contribution < 1.29 is 0 Å². The minimum Gasteiger partial charge on any atom is -0.127 e. The van der Waals surface area contributed by atoms with Gasteiger partial charge in [0.15, 0.2) is 0 Å². The molecule has 0 aliphatic carbocycles. The maximum atomic E-state index is 5.46. The molecule has 90 valence electrons. The van der Waals surface area contributed by atoms with Crippen molar-refractivity contribution in [1.82, 2.24) is 0 Å². The molecule has 0 spiro atoms. The van der Waals surface area contributed by atoms with E-state index in [1.807, 2.05) is 6.92 Å². The number of unbranched alkanes of at least 4 members (excludes halogenated alkanes) is 2. The number of alkyl halides is 2. The van der Waals surface area contributed by atoms with E-state index in [9.17, 15) is 0 Å². The zero-order chi connectivity index (χ0) is 11.8. The minimum atomic E-state index is 0.356. The molecular formula is C12H28Cl2. The van der Waals surface area contributed by atoms with Crippen LogP contribution in [-0.4, -0.2) is 11.3 Å². The lowest BCUT2D eigenvalue weighted by atomic mass is 10.4. The van der Waals surface area contributed by atoms with Crippen molar-refractivity contribution in [2.24, 2.45) is 0 Å². The maximum Gasteiger partial charge on any atom is 0.0305 e. The summed E-state index contributed by atoms with van der Waals surface area (Å²) in [5.74, 6) is 0.816. The van der Waals surface area contributed by atoms with Gasteiger partial charge in [-0.3, -0.25) is 0 Å². The van der Waals surface area contributed by atoms with Crippen molar-refractivity contribution in [1.29, 1.82) is 0 Å². The Hall–Kier alpha value is 0.580. The summed E-state index contributed by atoms with van der Waals surface area (Å²) >= 11 is 10.8. The van der Waals surface area contributed by atoms with Crippen LogP contribution in [0, 0.1) is 0 Å². The highest BCUT2D eigenvalue weighted by atomic mass is 35.5. The van der Waals surface area contributed by atoms with E-state index in [0.717, 1.165) is 18.7 Å². The number of hydrogen-bond acceptors (Lipinski definition) is 0. The van der Waals surface area contributed by atoms with E-state index in [1.165, 1.54) is 19.3 Å². The summed E-state index contributed by atoms with van der Waals surface area (Å²) in [6.45, 7) is 10.5. The van der Waals surface area contributed by atoms with Gasteiger partial charge in [0.25, 0.3) is 0 Å². The Morgan fingerprint density at radius 2 is 1.29 bits per heavy atom. The van der Waals surface area contributed by atoms with E-state index in [1.54, 1.807) is 0 Å². The van der Waals surface area contributed by atoms with Gasteiger partial charge in [-0.1, -0.05) is 47.0 Å². The summed E-state index contributed by atoms with van der Waals surface area (Å²) in [6.07, 6.45) is 6.08. The highest BCUT2D eigenvalue weighted by Gasteiger charge is 1.83. The second-order valence-electron chi connectivity index (χ2n) is 3.23. The molecule has 0 bridgehead atoms. The Morgan fingerprint density at radius 1 is 0.929 bits per heavy atom. The Labute approximate surface area is 101 Å². The summed E-state index contributed by atoms with van der Waals surface area (Å²) in [6, 6.07) is 0. The van der Waals surface area contributed by atoms with E-state index in [2.05, 4.69) is 27.7 Å². The van der Waals surface area contributed by atoms with Crippen LogP contribution in [0.3, 0.4) is 0 Å². The monoisotopic (exact) mass is 242 g/mol. The first-order valence-electron chi connectivity index (χ1n) is 5.80. The van der Waals surface area contributed by atoms with Gasteiger partial charge in [-0.05, 0) is 19.8 Å². The van der Waals surface area contributed by atoms with Crippen LogP contribution in [0.1, 0.15) is 66.7 Å². The van der Waals surface area contributed by atoms with Crippen molar-refractivity contribution in [3.63, 3.8) is 0 Å². The third-order valence-electron chi connectivity index (χ3n) is 1.55. The predicted molar refractivity (Wildman–Crippen MR) is 71.8 cm³/mol. The van der Waals surface area contributed by atoms with Gasteiger partial charge in [0.2, 0.25) is 0 Å². The van der Waals surface area contributed by atoms with Crippen molar-refractivity contribution in [2.75, 3.05) is 5.88 Å². The SMILES string of the molecule is CCC(C)Cl.CCCC.CCCCCl. The number of hydrogen-bond donors (Lipinski definition) is 0. The molecule has 1 atom stereocenters. The van der Waals surface area contributed by atoms with Gasteiger partial charge < -0.3 is 0 Å². The molecule has 0 heterocycles. The molecule has 0 rings (SSSR count). The van der Waals surface area contributed by atoms with Gasteiger partial charge in [-0.2, -0.15) is 0 Å². The van der Waals surface area contributed by atoms with Crippen LogP contribution < -0.4 is 0 Å². The summed E-state index contributed by atoms with van der Waals surface area (Å²) in [7, 11) is 0. The highest BCUT2D eigenvalue weighted by Crippen LogP contribution is 1.95. The first-order chi connectivity index (χ1) is 6.60. The molecule has 0 aromatic carbocycles. The smallest absolute Gasteiger partial charge is 0.0305 e. The fourth-order valence-electron chi connectivity index (χ4n) is 0.134.